The number of hydrogen-bond donors (Lipinski definition) is 1. The zero-order chi connectivity index (χ0) is 17.1. The Labute approximate surface area is 138 Å². The van der Waals surface area contributed by atoms with Crippen LogP contribution >= 0.6 is 0 Å². The fourth-order valence-corrected chi connectivity index (χ4v) is 2.51. The van der Waals surface area contributed by atoms with Gasteiger partial charge < -0.3 is 5.32 Å². The van der Waals surface area contributed by atoms with Crippen LogP contribution in [-0.4, -0.2) is 31.8 Å². The van der Waals surface area contributed by atoms with Gasteiger partial charge in [0.1, 0.15) is 6.04 Å². The number of para-hydroxylation sites is 1. The summed E-state index contributed by atoms with van der Waals surface area (Å²) in [6.07, 6.45) is 3.29. The van der Waals surface area contributed by atoms with Crippen LogP contribution in [0.15, 0.2) is 47.7 Å². The molecule has 0 bridgehead atoms. The van der Waals surface area contributed by atoms with Crippen molar-refractivity contribution in [1.82, 2.24) is 24.6 Å². The van der Waals surface area contributed by atoms with E-state index in [2.05, 4.69) is 15.4 Å². The van der Waals surface area contributed by atoms with Gasteiger partial charge in [-0.15, -0.1) is 0 Å². The van der Waals surface area contributed by atoms with Gasteiger partial charge in [-0.05, 0) is 32.0 Å². The SMILES string of the molecule is Cc1ccn(CCNC(=O)[C@H](C)n2cnc3ccccc3c2=O)n1. The van der Waals surface area contributed by atoms with E-state index < -0.39 is 6.04 Å². The van der Waals surface area contributed by atoms with Gasteiger partial charge in [0.2, 0.25) is 5.91 Å². The van der Waals surface area contributed by atoms with Crippen molar-refractivity contribution >= 4 is 16.8 Å². The lowest BCUT2D eigenvalue weighted by Gasteiger charge is -2.15. The van der Waals surface area contributed by atoms with E-state index in [-0.39, 0.29) is 11.5 Å². The Kier molecular flexibility index (Phi) is 4.41. The van der Waals surface area contributed by atoms with E-state index in [4.69, 9.17) is 0 Å². The fraction of sp³-hybridized carbons (Fsp3) is 0.294. The van der Waals surface area contributed by atoms with E-state index in [0.717, 1.165) is 5.69 Å². The Morgan fingerprint density at radius 2 is 2.08 bits per heavy atom. The van der Waals surface area contributed by atoms with Crippen LogP contribution in [0.1, 0.15) is 18.7 Å². The van der Waals surface area contributed by atoms with Gasteiger partial charge in [-0.1, -0.05) is 12.1 Å². The van der Waals surface area contributed by atoms with Crippen molar-refractivity contribution in [3.8, 4) is 0 Å². The van der Waals surface area contributed by atoms with Crippen LogP contribution in [0.5, 0.6) is 0 Å². The number of amides is 1. The van der Waals surface area contributed by atoms with Crippen LogP contribution in [0, 0.1) is 6.92 Å². The summed E-state index contributed by atoms with van der Waals surface area (Å²) in [5, 5.41) is 7.59. The second kappa shape index (κ2) is 6.66. The molecule has 0 fully saturated rings. The zero-order valence-electron chi connectivity index (χ0n) is 13.6. The van der Waals surface area contributed by atoms with Crippen LogP contribution in [0.25, 0.3) is 10.9 Å². The van der Waals surface area contributed by atoms with Gasteiger partial charge in [0, 0.05) is 12.7 Å². The second-order valence-corrected chi connectivity index (χ2v) is 5.66. The highest BCUT2D eigenvalue weighted by Gasteiger charge is 2.17. The van der Waals surface area contributed by atoms with E-state index in [1.165, 1.54) is 10.9 Å². The lowest BCUT2D eigenvalue weighted by Crippen LogP contribution is -2.37. The van der Waals surface area contributed by atoms with Crippen molar-refractivity contribution < 1.29 is 4.79 Å². The molecule has 2 heterocycles. The number of aryl methyl sites for hydroxylation is 1. The topological polar surface area (TPSA) is 81.8 Å². The van der Waals surface area contributed by atoms with Gasteiger partial charge >= 0.3 is 0 Å². The maximum atomic E-state index is 12.5. The van der Waals surface area contributed by atoms with Crippen molar-refractivity contribution in [2.24, 2.45) is 0 Å². The molecule has 24 heavy (non-hydrogen) atoms. The molecular formula is C17H19N5O2. The third-order valence-corrected chi connectivity index (χ3v) is 3.90. The smallest absolute Gasteiger partial charge is 0.261 e. The lowest BCUT2D eigenvalue weighted by molar-refractivity contribution is -0.124. The molecule has 0 aliphatic rings. The molecule has 1 amide bonds. The number of fused-ring (bicyclic) bond motifs is 1. The van der Waals surface area contributed by atoms with E-state index >= 15 is 0 Å². The first-order valence-electron chi connectivity index (χ1n) is 7.80. The molecule has 3 aromatic rings. The molecular weight excluding hydrogens is 306 g/mol. The molecule has 0 saturated carbocycles. The molecule has 7 heteroatoms. The van der Waals surface area contributed by atoms with Crippen molar-refractivity contribution in [3.05, 3.63) is 58.9 Å². The minimum Gasteiger partial charge on any atom is -0.352 e. The minimum atomic E-state index is -0.631. The minimum absolute atomic E-state index is 0.217. The predicted molar refractivity (Wildman–Crippen MR) is 90.7 cm³/mol. The third kappa shape index (κ3) is 3.19. The Morgan fingerprint density at radius 1 is 1.29 bits per heavy atom. The van der Waals surface area contributed by atoms with Gasteiger partial charge in [-0.2, -0.15) is 5.10 Å². The normalized spacial score (nSPS) is 12.2. The summed E-state index contributed by atoms with van der Waals surface area (Å²) in [6.45, 7) is 4.62. The number of carbonyl (C=O) groups is 1. The molecule has 1 N–H and O–H groups in total. The first-order chi connectivity index (χ1) is 11.6. The summed E-state index contributed by atoms with van der Waals surface area (Å²) in [4.78, 5) is 29.0. The zero-order valence-corrected chi connectivity index (χ0v) is 13.6. The van der Waals surface area contributed by atoms with Gasteiger partial charge in [0.15, 0.2) is 0 Å². The van der Waals surface area contributed by atoms with Crippen LogP contribution in [0.2, 0.25) is 0 Å². The summed E-state index contributed by atoms with van der Waals surface area (Å²) < 4.78 is 3.12. The monoisotopic (exact) mass is 325 g/mol. The molecule has 1 atom stereocenters. The highest BCUT2D eigenvalue weighted by Crippen LogP contribution is 2.08. The number of nitrogens with zero attached hydrogens (tertiary/aromatic N) is 4. The predicted octanol–water partition coefficient (Wildman–Crippen LogP) is 1.28. The average Bonchev–Trinajstić information content (AvgIpc) is 3.00. The maximum absolute atomic E-state index is 12.5. The molecule has 0 saturated heterocycles. The number of benzene rings is 1. The Hall–Kier alpha value is -2.96. The third-order valence-electron chi connectivity index (χ3n) is 3.90. The number of nitrogens with one attached hydrogen (secondary N) is 1. The van der Waals surface area contributed by atoms with E-state index in [1.807, 2.05) is 25.3 Å². The number of aromatic nitrogens is 4. The van der Waals surface area contributed by atoms with Crippen LogP contribution < -0.4 is 10.9 Å². The Morgan fingerprint density at radius 3 is 2.83 bits per heavy atom. The summed E-state index contributed by atoms with van der Waals surface area (Å²) in [7, 11) is 0. The Bertz CT molecular complexity index is 928. The molecule has 124 valence electrons. The second-order valence-electron chi connectivity index (χ2n) is 5.66. The summed E-state index contributed by atoms with van der Waals surface area (Å²) in [5.41, 5.74) is 1.34. The van der Waals surface area contributed by atoms with Crippen LogP contribution in [0.3, 0.4) is 0 Å². The highest BCUT2D eigenvalue weighted by molar-refractivity contribution is 5.81. The quantitative estimate of drug-likeness (QED) is 0.766. The highest BCUT2D eigenvalue weighted by atomic mass is 16.2. The summed E-state index contributed by atoms with van der Waals surface area (Å²) >= 11 is 0. The molecule has 7 nitrogen and oxygen atoms in total. The first kappa shape index (κ1) is 15.9. The van der Waals surface area contributed by atoms with Crippen molar-refractivity contribution in [2.75, 3.05) is 6.54 Å². The largest absolute Gasteiger partial charge is 0.352 e. The molecule has 0 radical (unpaired) electrons. The molecule has 1 aromatic carbocycles. The van der Waals surface area contributed by atoms with E-state index in [0.29, 0.717) is 24.0 Å². The van der Waals surface area contributed by atoms with Crippen LogP contribution in [0.4, 0.5) is 0 Å². The molecule has 2 aromatic heterocycles. The van der Waals surface area contributed by atoms with Gasteiger partial charge in [-0.3, -0.25) is 18.8 Å². The first-order valence-corrected chi connectivity index (χ1v) is 7.80. The lowest BCUT2D eigenvalue weighted by atomic mass is 10.2. The van der Waals surface area contributed by atoms with E-state index in [9.17, 15) is 9.59 Å². The number of carbonyl (C=O) groups excluding carboxylic acids is 1. The molecule has 3 rings (SSSR count). The summed E-state index contributed by atoms with van der Waals surface area (Å²) in [6, 6.07) is 8.38. The number of rotatable bonds is 5. The molecule has 0 aliphatic heterocycles. The van der Waals surface area contributed by atoms with Crippen molar-refractivity contribution in [3.63, 3.8) is 0 Å². The van der Waals surface area contributed by atoms with Crippen LogP contribution in [-0.2, 0) is 11.3 Å². The molecule has 0 spiro atoms. The van der Waals surface area contributed by atoms with Crippen molar-refractivity contribution in [1.29, 1.82) is 0 Å². The standard InChI is InChI=1S/C17H19N5O2/c1-12-7-9-21(20-12)10-8-18-16(23)13(2)22-11-19-15-6-4-3-5-14(15)17(22)24/h3-7,9,11,13H,8,10H2,1-2H3,(H,18,23)/t13-/m0/s1. The van der Waals surface area contributed by atoms with Gasteiger partial charge in [-0.25, -0.2) is 4.98 Å². The summed E-state index contributed by atoms with van der Waals surface area (Å²) in [5.74, 6) is -0.224. The molecule has 0 aliphatic carbocycles. The average molecular weight is 325 g/mol. The van der Waals surface area contributed by atoms with Crippen molar-refractivity contribution in [2.45, 2.75) is 26.4 Å². The maximum Gasteiger partial charge on any atom is 0.261 e. The van der Waals surface area contributed by atoms with E-state index in [1.54, 1.807) is 29.8 Å². The van der Waals surface area contributed by atoms with Gasteiger partial charge in [0.25, 0.3) is 5.56 Å². The Balaban J connectivity index is 1.69. The van der Waals surface area contributed by atoms with Gasteiger partial charge in [0.05, 0.1) is 29.5 Å². The molecule has 0 unspecified atom stereocenters. The fourth-order valence-electron chi connectivity index (χ4n) is 2.51. The number of hydrogen-bond acceptors (Lipinski definition) is 4.